The number of hydrogen-bond acceptors (Lipinski definition) is 2. The summed E-state index contributed by atoms with van der Waals surface area (Å²) in [6, 6.07) is 4.58. The van der Waals surface area contributed by atoms with E-state index >= 15 is 0 Å². The van der Waals surface area contributed by atoms with Gasteiger partial charge in [0.2, 0.25) is 0 Å². The second-order valence-electron chi connectivity index (χ2n) is 3.17. The number of nitrogens with two attached hydrogens (primary N) is 2. The highest BCUT2D eigenvalue weighted by Crippen LogP contribution is 2.27. The topological polar surface area (TPSA) is 52.0 Å². The van der Waals surface area contributed by atoms with Gasteiger partial charge in [-0.05, 0) is 31.5 Å². The van der Waals surface area contributed by atoms with Gasteiger partial charge in [0.05, 0.1) is 0 Å². The van der Waals surface area contributed by atoms with Crippen LogP contribution < -0.4 is 11.5 Å². The summed E-state index contributed by atoms with van der Waals surface area (Å²) in [4.78, 5) is 0. The van der Waals surface area contributed by atoms with Crippen LogP contribution in [-0.2, 0) is 0 Å². The van der Waals surface area contributed by atoms with E-state index in [1.807, 2.05) is 0 Å². The lowest BCUT2D eigenvalue weighted by Crippen LogP contribution is -2.14. The van der Waals surface area contributed by atoms with E-state index in [9.17, 15) is 4.39 Å². The molecule has 4 N–H and O–H groups in total. The maximum Gasteiger partial charge on any atom is 0.129 e. The first kappa shape index (κ1) is 11.6. The molecule has 0 saturated heterocycles. The molecule has 2 nitrogen and oxygen atoms in total. The van der Waals surface area contributed by atoms with E-state index in [0.717, 1.165) is 10.9 Å². The number of halogens is 2. The largest absolute Gasteiger partial charge is 0.330 e. The molecule has 4 heteroatoms. The van der Waals surface area contributed by atoms with E-state index in [0.29, 0.717) is 18.5 Å². The summed E-state index contributed by atoms with van der Waals surface area (Å²) in [7, 11) is 0. The second-order valence-corrected chi connectivity index (χ2v) is 4.03. The lowest BCUT2D eigenvalue weighted by Gasteiger charge is -2.14. The fraction of sp³-hybridized carbons (Fsp3) is 0.400. The van der Waals surface area contributed by atoms with Crippen molar-refractivity contribution in [3.63, 3.8) is 0 Å². The average molecular weight is 261 g/mol. The molecule has 1 atom stereocenters. The second kappa shape index (κ2) is 5.44. The molecule has 0 aliphatic carbocycles. The Morgan fingerprint density at radius 3 is 2.71 bits per heavy atom. The van der Waals surface area contributed by atoms with Crippen molar-refractivity contribution in [1.82, 2.24) is 0 Å². The van der Waals surface area contributed by atoms with Crippen molar-refractivity contribution in [2.75, 3.05) is 6.54 Å². The molecule has 1 rings (SSSR count). The van der Waals surface area contributed by atoms with Crippen molar-refractivity contribution >= 4 is 15.9 Å². The minimum Gasteiger partial charge on any atom is -0.330 e. The summed E-state index contributed by atoms with van der Waals surface area (Å²) in [6.07, 6.45) is 1.51. The van der Waals surface area contributed by atoms with Gasteiger partial charge < -0.3 is 11.5 Å². The summed E-state index contributed by atoms with van der Waals surface area (Å²) in [5.41, 5.74) is 11.8. The quantitative estimate of drug-likeness (QED) is 0.873. The van der Waals surface area contributed by atoms with Crippen molar-refractivity contribution in [3.8, 4) is 0 Å². The summed E-state index contributed by atoms with van der Waals surface area (Å²) >= 11 is 3.29. The average Bonchev–Trinajstić information content (AvgIpc) is 2.14. The van der Waals surface area contributed by atoms with Gasteiger partial charge in [-0.3, -0.25) is 0 Å². The van der Waals surface area contributed by atoms with Gasteiger partial charge in [-0.15, -0.1) is 0 Å². The highest BCUT2D eigenvalue weighted by atomic mass is 79.9. The Balaban J connectivity index is 2.82. The third-order valence-electron chi connectivity index (χ3n) is 2.09. The smallest absolute Gasteiger partial charge is 0.129 e. The SMILES string of the molecule is NCCC[C@@H](N)c1c(F)cccc1Br. The van der Waals surface area contributed by atoms with E-state index in [4.69, 9.17) is 11.5 Å². The molecule has 1 aromatic rings. The molecule has 0 heterocycles. The summed E-state index contributed by atoms with van der Waals surface area (Å²) in [6.45, 7) is 0.583. The maximum atomic E-state index is 13.4. The first-order chi connectivity index (χ1) is 6.66. The third-order valence-corrected chi connectivity index (χ3v) is 2.78. The molecule has 1 aromatic carbocycles. The molecular weight excluding hydrogens is 247 g/mol. The molecule has 0 fully saturated rings. The van der Waals surface area contributed by atoms with Crippen molar-refractivity contribution < 1.29 is 4.39 Å². The molecule has 0 aliphatic heterocycles. The van der Waals surface area contributed by atoms with Crippen molar-refractivity contribution in [2.24, 2.45) is 11.5 Å². The number of rotatable bonds is 4. The molecule has 0 saturated carbocycles. The zero-order valence-electron chi connectivity index (χ0n) is 7.84. The first-order valence-corrected chi connectivity index (χ1v) is 5.35. The standard InChI is InChI=1S/C10H14BrFN2/c11-7-3-1-4-8(12)10(7)9(14)5-2-6-13/h1,3-4,9H,2,5-6,13-14H2/t9-/m1/s1. The summed E-state index contributed by atoms with van der Waals surface area (Å²) < 4.78 is 14.1. The number of hydrogen-bond donors (Lipinski definition) is 2. The third kappa shape index (κ3) is 2.77. The maximum absolute atomic E-state index is 13.4. The molecule has 0 aromatic heterocycles. The lowest BCUT2D eigenvalue weighted by atomic mass is 10.0. The Hall–Kier alpha value is -0.450. The lowest BCUT2D eigenvalue weighted by molar-refractivity contribution is 0.551. The van der Waals surface area contributed by atoms with Gasteiger partial charge in [-0.1, -0.05) is 22.0 Å². The van der Waals surface area contributed by atoms with Crippen molar-refractivity contribution in [2.45, 2.75) is 18.9 Å². The Bertz CT molecular complexity index is 284. The van der Waals surface area contributed by atoms with Crippen LogP contribution in [0.25, 0.3) is 0 Å². The highest BCUT2D eigenvalue weighted by molar-refractivity contribution is 9.10. The van der Waals surface area contributed by atoms with Gasteiger partial charge in [-0.25, -0.2) is 4.39 Å². The van der Waals surface area contributed by atoms with Gasteiger partial charge in [0.1, 0.15) is 5.82 Å². The molecule has 0 spiro atoms. The first-order valence-electron chi connectivity index (χ1n) is 4.56. The fourth-order valence-electron chi connectivity index (χ4n) is 1.35. The van der Waals surface area contributed by atoms with Crippen LogP contribution in [0.2, 0.25) is 0 Å². The molecule has 0 unspecified atom stereocenters. The monoisotopic (exact) mass is 260 g/mol. The Morgan fingerprint density at radius 1 is 1.43 bits per heavy atom. The van der Waals surface area contributed by atoms with Crippen LogP contribution in [0, 0.1) is 5.82 Å². The molecular formula is C10H14BrFN2. The molecule has 0 bridgehead atoms. The van der Waals surface area contributed by atoms with Crippen molar-refractivity contribution in [3.05, 3.63) is 34.1 Å². The molecule has 0 radical (unpaired) electrons. The minimum absolute atomic E-state index is 0.260. The van der Waals surface area contributed by atoms with E-state index in [-0.39, 0.29) is 11.9 Å². The van der Waals surface area contributed by atoms with E-state index in [1.54, 1.807) is 12.1 Å². The van der Waals surface area contributed by atoms with Crippen LogP contribution in [0.15, 0.2) is 22.7 Å². The fourth-order valence-corrected chi connectivity index (χ4v) is 1.98. The normalized spacial score (nSPS) is 12.9. The van der Waals surface area contributed by atoms with E-state index < -0.39 is 0 Å². The Morgan fingerprint density at radius 2 is 2.14 bits per heavy atom. The van der Waals surface area contributed by atoms with Gasteiger partial charge >= 0.3 is 0 Å². The Labute approximate surface area is 91.6 Å². The highest BCUT2D eigenvalue weighted by Gasteiger charge is 2.13. The van der Waals surface area contributed by atoms with Gasteiger partial charge in [-0.2, -0.15) is 0 Å². The number of benzene rings is 1. The van der Waals surface area contributed by atoms with Crippen LogP contribution in [0.1, 0.15) is 24.4 Å². The van der Waals surface area contributed by atoms with E-state index in [1.165, 1.54) is 6.07 Å². The molecule has 0 aliphatic rings. The summed E-state index contributed by atoms with van der Waals surface area (Å²) in [5.74, 6) is -0.260. The molecule has 0 amide bonds. The predicted molar refractivity (Wildman–Crippen MR) is 59.3 cm³/mol. The molecule has 78 valence electrons. The zero-order chi connectivity index (χ0) is 10.6. The van der Waals surface area contributed by atoms with Crippen LogP contribution in [-0.4, -0.2) is 6.54 Å². The van der Waals surface area contributed by atoms with Gasteiger partial charge in [0.15, 0.2) is 0 Å². The van der Waals surface area contributed by atoms with Crippen molar-refractivity contribution in [1.29, 1.82) is 0 Å². The van der Waals surface area contributed by atoms with Gasteiger partial charge in [0, 0.05) is 16.1 Å². The van der Waals surface area contributed by atoms with Crippen LogP contribution in [0.4, 0.5) is 4.39 Å². The molecule has 14 heavy (non-hydrogen) atoms. The Kier molecular flexibility index (Phi) is 4.51. The van der Waals surface area contributed by atoms with Crippen LogP contribution >= 0.6 is 15.9 Å². The zero-order valence-corrected chi connectivity index (χ0v) is 9.43. The predicted octanol–water partition coefficient (Wildman–Crippen LogP) is 2.33. The summed E-state index contributed by atoms with van der Waals surface area (Å²) in [5, 5.41) is 0. The van der Waals surface area contributed by atoms with Crippen LogP contribution in [0.5, 0.6) is 0 Å². The van der Waals surface area contributed by atoms with Crippen LogP contribution in [0.3, 0.4) is 0 Å². The minimum atomic E-state index is -0.283. The van der Waals surface area contributed by atoms with E-state index in [2.05, 4.69) is 15.9 Å². The van der Waals surface area contributed by atoms with Gasteiger partial charge in [0.25, 0.3) is 0 Å².